The topological polar surface area (TPSA) is 40.5 Å². The maximum absolute atomic E-state index is 13.0. The van der Waals surface area contributed by atoms with E-state index >= 15 is 0 Å². The van der Waals surface area contributed by atoms with Crippen LogP contribution >= 0.6 is 0 Å². The second-order valence-electron chi connectivity index (χ2n) is 3.52. The van der Waals surface area contributed by atoms with Gasteiger partial charge in [0, 0.05) is 5.82 Å². The first-order valence-corrected chi connectivity index (χ1v) is 4.18. The molecule has 0 spiro atoms. The summed E-state index contributed by atoms with van der Waals surface area (Å²) in [6.07, 6.45) is -2.41. The Labute approximate surface area is 70.7 Å². The van der Waals surface area contributed by atoms with Gasteiger partial charge in [0.15, 0.2) is 0 Å². The van der Waals surface area contributed by atoms with E-state index in [-0.39, 0.29) is 5.92 Å². The molecule has 4 atom stereocenters. The summed E-state index contributed by atoms with van der Waals surface area (Å²) >= 11 is 0. The maximum Gasteiger partial charge on any atom is 0.457 e. The van der Waals surface area contributed by atoms with Crippen molar-refractivity contribution < 1.29 is 18.8 Å². The van der Waals surface area contributed by atoms with Crippen LogP contribution in [0, 0.1) is 5.92 Å². The third-order valence-corrected chi connectivity index (χ3v) is 2.60. The van der Waals surface area contributed by atoms with E-state index in [0.717, 1.165) is 0 Å². The fourth-order valence-electron chi connectivity index (χ4n) is 1.64. The monoisotopic (exact) mass is 178 g/mol. The van der Waals surface area contributed by atoms with Crippen LogP contribution in [0.1, 0.15) is 19.8 Å². The van der Waals surface area contributed by atoms with Crippen LogP contribution in [-0.2, 0) is 0 Å². The molecule has 0 radical (unpaired) electrons. The third kappa shape index (κ3) is 1.77. The van der Waals surface area contributed by atoms with Crippen LogP contribution in [0.2, 0.25) is 5.82 Å². The molecule has 0 aromatic carbocycles. The fourth-order valence-corrected chi connectivity index (χ4v) is 1.64. The summed E-state index contributed by atoms with van der Waals surface area (Å²) in [6, 6.07) is 0. The summed E-state index contributed by atoms with van der Waals surface area (Å²) in [4.78, 5) is 0. The van der Waals surface area contributed by atoms with Gasteiger partial charge in [-0.3, -0.25) is 0 Å². The molecule has 12 heavy (non-hydrogen) atoms. The summed E-state index contributed by atoms with van der Waals surface area (Å²) < 4.78 is 26.0. The van der Waals surface area contributed by atoms with E-state index in [2.05, 4.69) is 0 Å². The van der Waals surface area contributed by atoms with Crippen molar-refractivity contribution >= 4 is 7.12 Å². The first kappa shape index (κ1) is 9.93. The van der Waals surface area contributed by atoms with Crippen LogP contribution < -0.4 is 0 Å². The Balaban J connectivity index is 2.58. The summed E-state index contributed by atoms with van der Waals surface area (Å²) in [5.41, 5.74) is 0. The third-order valence-electron chi connectivity index (χ3n) is 2.60. The molecule has 1 aliphatic rings. The number of rotatable bonds is 1. The van der Waals surface area contributed by atoms with Crippen molar-refractivity contribution in [2.75, 3.05) is 0 Å². The molecule has 1 rings (SSSR count). The van der Waals surface area contributed by atoms with Gasteiger partial charge in [-0.15, -0.1) is 0 Å². The second-order valence-corrected chi connectivity index (χ2v) is 3.52. The van der Waals surface area contributed by atoms with Crippen LogP contribution in [0.5, 0.6) is 0 Å². The molecule has 2 nitrogen and oxygen atoms in total. The lowest BCUT2D eigenvalue weighted by atomic mass is 9.62. The molecule has 2 N–H and O–H groups in total. The molecule has 1 fully saturated rings. The van der Waals surface area contributed by atoms with Crippen LogP contribution in [-0.4, -0.2) is 29.5 Å². The number of halogens is 2. The van der Waals surface area contributed by atoms with Crippen molar-refractivity contribution in [3.8, 4) is 0 Å². The summed E-state index contributed by atoms with van der Waals surface area (Å²) in [5.74, 6) is -1.26. The average molecular weight is 178 g/mol. The Morgan fingerprint density at radius 1 is 1.17 bits per heavy atom. The van der Waals surface area contributed by atoms with E-state index in [9.17, 15) is 8.78 Å². The van der Waals surface area contributed by atoms with Gasteiger partial charge in [0.2, 0.25) is 0 Å². The van der Waals surface area contributed by atoms with Gasteiger partial charge in [-0.25, -0.2) is 8.78 Å². The van der Waals surface area contributed by atoms with Crippen molar-refractivity contribution in [3.05, 3.63) is 0 Å². The Morgan fingerprint density at radius 2 is 1.75 bits per heavy atom. The van der Waals surface area contributed by atoms with E-state index in [1.165, 1.54) is 0 Å². The zero-order chi connectivity index (χ0) is 9.30. The normalized spacial score (nSPS) is 42.8. The molecular formula is C7H13BF2O2. The van der Waals surface area contributed by atoms with Crippen molar-refractivity contribution in [1.82, 2.24) is 0 Å². The molecule has 0 heterocycles. The molecule has 0 saturated heterocycles. The highest BCUT2D eigenvalue weighted by Crippen LogP contribution is 2.37. The van der Waals surface area contributed by atoms with Gasteiger partial charge in [0.25, 0.3) is 0 Å². The van der Waals surface area contributed by atoms with Gasteiger partial charge in [-0.05, 0) is 18.8 Å². The van der Waals surface area contributed by atoms with Crippen molar-refractivity contribution in [3.63, 3.8) is 0 Å². The van der Waals surface area contributed by atoms with Crippen LogP contribution in [0.4, 0.5) is 8.78 Å². The molecule has 4 unspecified atom stereocenters. The van der Waals surface area contributed by atoms with Crippen molar-refractivity contribution in [2.24, 2.45) is 5.92 Å². The minimum atomic E-state index is -1.73. The zero-order valence-corrected chi connectivity index (χ0v) is 6.95. The van der Waals surface area contributed by atoms with Crippen LogP contribution in [0.25, 0.3) is 0 Å². The Hall–Kier alpha value is -0.155. The lowest BCUT2D eigenvalue weighted by Gasteiger charge is -2.32. The quantitative estimate of drug-likeness (QED) is 0.586. The van der Waals surface area contributed by atoms with E-state index in [1.54, 1.807) is 6.92 Å². The SMILES string of the molecule is CC1CCC(B(O)O)C(F)C1F. The highest BCUT2D eigenvalue weighted by atomic mass is 19.2. The Kier molecular flexibility index (Phi) is 3.07. The van der Waals surface area contributed by atoms with Gasteiger partial charge in [-0.1, -0.05) is 6.92 Å². The van der Waals surface area contributed by atoms with Gasteiger partial charge < -0.3 is 10.0 Å². The fraction of sp³-hybridized carbons (Fsp3) is 1.00. The van der Waals surface area contributed by atoms with E-state index < -0.39 is 25.3 Å². The maximum atomic E-state index is 13.0. The van der Waals surface area contributed by atoms with E-state index in [4.69, 9.17) is 10.0 Å². The molecule has 0 bridgehead atoms. The molecule has 70 valence electrons. The van der Waals surface area contributed by atoms with Gasteiger partial charge in [-0.2, -0.15) is 0 Å². The zero-order valence-electron chi connectivity index (χ0n) is 6.95. The highest BCUT2D eigenvalue weighted by Gasteiger charge is 2.43. The minimum Gasteiger partial charge on any atom is -0.427 e. The minimum absolute atomic E-state index is 0.310. The second kappa shape index (κ2) is 3.70. The molecule has 0 amide bonds. The summed E-state index contributed by atoms with van der Waals surface area (Å²) in [5, 5.41) is 17.4. The predicted octanol–water partition coefficient (Wildman–Crippen LogP) is 0.935. The molecule has 1 saturated carbocycles. The molecular weight excluding hydrogens is 165 g/mol. The average Bonchev–Trinajstić information content (AvgIpc) is 2.00. The molecule has 0 aliphatic heterocycles. The van der Waals surface area contributed by atoms with Crippen LogP contribution in [0.3, 0.4) is 0 Å². The lowest BCUT2D eigenvalue weighted by molar-refractivity contribution is 0.0661. The standard InChI is InChI=1S/C7H13BF2O2/c1-4-2-3-5(8(11)12)7(10)6(4)9/h4-7,11-12H,2-3H2,1H3. The number of alkyl halides is 2. The first-order valence-electron chi connectivity index (χ1n) is 4.18. The van der Waals surface area contributed by atoms with E-state index in [1.807, 2.05) is 0 Å². The largest absolute Gasteiger partial charge is 0.457 e. The highest BCUT2D eigenvalue weighted by molar-refractivity contribution is 6.43. The molecule has 0 aromatic rings. The number of hydrogen-bond acceptors (Lipinski definition) is 2. The Morgan fingerprint density at radius 3 is 2.25 bits per heavy atom. The van der Waals surface area contributed by atoms with Gasteiger partial charge in [0.05, 0.1) is 0 Å². The van der Waals surface area contributed by atoms with Gasteiger partial charge in [0.1, 0.15) is 12.3 Å². The predicted molar refractivity (Wildman–Crippen MR) is 42.1 cm³/mol. The molecule has 0 aromatic heterocycles. The summed E-state index contributed by atoms with van der Waals surface area (Å²) in [6.45, 7) is 1.64. The first-order chi connectivity index (χ1) is 5.54. The van der Waals surface area contributed by atoms with E-state index in [0.29, 0.717) is 12.8 Å². The smallest absolute Gasteiger partial charge is 0.427 e. The lowest BCUT2D eigenvalue weighted by Crippen LogP contribution is -2.40. The Bertz CT molecular complexity index is 156. The summed E-state index contributed by atoms with van der Waals surface area (Å²) in [7, 11) is -1.73. The van der Waals surface area contributed by atoms with Crippen LogP contribution in [0.15, 0.2) is 0 Å². The van der Waals surface area contributed by atoms with Crippen molar-refractivity contribution in [2.45, 2.75) is 37.9 Å². The van der Waals surface area contributed by atoms with Gasteiger partial charge >= 0.3 is 7.12 Å². The van der Waals surface area contributed by atoms with Crippen molar-refractivity contribution in [1.29, 1.82) is 0 Å². The molecule has 5 heteroatoms. The number of hydrogen-bond donors (Lipinski definition) is 2. The molecule has 1 aliphatic carbocycles.